The smallest absolute Gasteiger partial charge is 0.269 e. The van der Waals surface area contributed by atoms with Crippen LogP contribution in [0.5, 0.6) is 0 Å². The van der Waals surface area contributed by atoms with Crippen LogP contribution >= 0.6 is 11.6 Å². The van der Waals surface area contributed by atoms with E-state index < -0.39 is 17.6 Å². The van der Waals surface area contributed by atoms with Crippen molar-refractivity contribution in [2.24, 2.45) is 5.73 Å². The van der Waals surface area contributed by atoms with Crippen LogP contribution in [0.15, 0.2) is 42.5 Å². The Labute approximate surface area is 189 Å². The van der Waals surface area contributed by atoms with Crippen LogP contribution in [0.25, 0.3) is 10.9 Å². The molecule has 3 rings (SSSR count). The van der Waals surface area contributed by atoms with Crippen molar-refractivity contribution < 1.29 is 18.8 Å². The van der Waals surface area contributed by atoms with Gasteiger partial charge in [-0.1, -0.05) is 41.9 Å². The summed E-state index contributed by atoms with van der Waals surface area (Å²) in [5, 5.41) is 7.30. The molecule has 0 aliphatic heterocycles. The summed E-state index contributed by atoms with van der Waals surface area (Å²) in [5.74, 6) is -2.11. The molecule has 0 fully saturated rings. The largest absolute Gasteiger partial charge is 0.364 e. The van der Waals surface area contributed by atoms with E-state index in [0.717, 1.165) is 0 Å². The highest BCUT2D eigenvalue weighted by atomic mass is 35.5. The molecule has 3 aromatic rings. The minimum Gasteiger partial charge on any atom is -0.364 e. The number of aromatic nitrogens is 2. The van der Waals surface area contributed by atoms with E-state index in [1.54, 1.807) is 44.2 Å². The van der Waals surface area contributed by atoms with Crippen molar-refractivity contribution in [1.82, 2.24) is 20.0 Å². The maximum Gasteiger partial charge on any atom is 0.269 e. The molecular formula is C22H23ClFN5O3. The highest BCUT2D eigenvalue weighted by molar-refractivity contribution is 6.30. The van der Waals surface area contributed by atoms with Gasteiger partial charge in [-0.05, 0) is 26.0 Å². The molecule has 0 bridgehead atoms. The van der Waals surface area contributed by atoms with Gasteiger partial charge in [-0.3, -0.25) is 19.1 Å². The molecule has 0 aliphatic rings. The zero-order valence-corrected chi connectivity index (χ0v) is 18.4. The van der Waals surface area contributed by atoms with E-state index in [4.69, 9.17) is 17.3 Å². The summed E-state index contributed by atoms with van der Waals surface area (Å²) in [7, 11) is 0. The highest BCUT2D eigenvalue weighted by Gasteiger charge is 2.23. The molecule has 0 saturated carbocycles. The number of benzene rings is 2. The first kappa shape index (κ1) is 23.2. The molecule has 1 aromatic heterocycles. The number of nitrogens with one attached hydrogen (secondary N) is 1. The summed E-state index contributed by atoms with van der Waals surface area (Å²) in [6, 6.07) is 11.2. The van der Waals surface area contributed by atoms with Crippen molar-refractivity contribution in [1.29, 1.82) is 0 Å². The van der Waals surface area contributed by atoms with Gasteiger partial charge in [0.1, 0.15) is 12.4 Å². The number of primary amides is 1. The molecule has 3 amide bonds. The second-order valence-corrected chi connectivity index (χ2v) is 7.90. The number of amides is 3. The first-order chi connectivity index (χ1) is 15.2. The molecule has 32 heavy (non-hydrogen) atoms. The summed E-state index contributed by atoms with van der Waals surface area (Å²) >= 11 is 5.76. The Kier molecular flexibility index (Phi) is 7.09. The molecular weight excluding hydrogens is 437 g/mol. The Hall–Kier alpha value is -3.46. The van der Waals surface area contributed by atoms with E-state index >= 15 is 0 Å². The van der Waals surface area contributed by atoms with Gasteiger partial charge in [0, 0.05) is 23.5 Å². The lowest BCUT2D eigenvalue weighted by molar-refractivity contribution is -0.138. The van der Waals surface area contributed by atoms with Gasteiger partial charge < -0.3 is 16.0 Å². The van der Waals surface area contributed by atoms with Gasteiger partial charge in [0.2, 0.25) is 11.8 Å². The Bertz CT molecular complexity index is 1180. The second kappa shape index (κ2) is 9.78. The minimum atomic E-state index is -0.694. The number of carbonyl (C=O) groups is 3. The number of hydrogen-bond donors (Lipinski definition) is 2. The molecule has 0 spiro atoms. The fourth-order valence-corrected chi connectivity index (χ4v) is 3.49. The standard InChI is InChI=1S/C22H23ClFN5O3/c1-13(2)28(11-18(30)26-10-14-6-5-8-16(23)20(14)24)19(31)12-29-17-9-4-3-7-15(17)21(27-29)22(25)32/h3-9,13H,10-12H2,1-2H3,(H2,25,32)(H,26,30). The lowest BCUT2D eigenvalue weighted by atomic mass is 10.2. The van der Waals surface area contributed by atoms with E-state index in [-0.39, 0.29) is 47.9 Å². The Morgan fingerprint density at radius 3 is 2.59 bits per heavy atom. The van der Waals surface area contributed by atoms with Crippen molar-refractivity contribution >= 4 is 40.2 Å². The average molecular weight is 460 g/mol. The molecule has 1 heterocycles. The zero-order chi connectivity index (χ0) is 23.4. The molecule has 0 saturated heterocycles. The molecule has 2 aromatic carbocycles. The fourth-order valence-electron chi connectivity index (χ4n) is 3.30. The number of carbonyl (C=O) groups excluding carboxylic acids is 3. The van der Waals surface area contributed by atoms with Crippen LogP contribution in [0, 0.1) is 5.82 Å². The van der Waals surface area contributed by atoms with E-state index in [1.807, 2.05) is 0 Å². The van der Waals surface area contributed by atoms with Crippen LogP contribution in [0.4, 0.5) is 4.39 Å². The third kappa shape index (κ3) is 5.05. The number of nitrogens with two attached hydrogens (primary N) is 1. The van der Waals surface area contributed by atoms with Gasteiger partial charge in [0.25, 0.3) is 5.91 Å². The minimum absolute atomic E-state index is 0.0301. The summed E-state index contributed by atoms with van der Waals surface area (Å²) < 4.78 is 15.4. The van der Waals surface area contributed by atoms with E-state index in [1.165, 1.54) is 21.7 Å². The average Bonchev–Trinajstić information content (AvgIpc) is 3.11. The molecule has 10 heteroatoms. The van der Waals surface area contributed by atoms with Gasteiger partial charge in [-0.15, -0.1) is 0 Å². The molecule has 0 unspecified atom stereocenters. The predicted molar refractivity (Wildman–Crippen MR) is 118 cm³/mol. The molecule has 3 N–H and O–H groups in total. The lowest BCUT2D eigenvalue weighted by Crippen LogP contribution is -2.45. The molecule has 8 nitrogen and oxygen atoms in total. The first-order valence-electron chi connectivity index (χ1n) is 9.93. The number of fused-ring (bicyclic) bond motifs is 1. The Morgan fingerprint density at radius 2 is 1.91 bits per heavy atom. The van der Waals surface area contributed by atoms with Gasteiger partial charge in [-0.25, -0.2) is 4.39 Å². The quantitative estimate of drug-likeness (QED) is 0.539. The van der Waals surface area contributed by atoms with Gasteiger partial charge in [0.05, 0.1) is 17.1 Å². The molecule has 168 valence electrons. The summed E-state index contributed by atoms with van der Waals surface area (Å²) in [4.78, 5) is 38.5. The predicted octanol–water partition coefficient (Wildman–Crippen LogP) is 2.48. The first-order valence-corrected chi connectivity index (χ1v) is 10.3. The fraction of sp³-hybridized carbons (Fsp3) is 0.273. The maximum absolute atomic E-state index is 14.0. The van der Waals surface area contributed by atoms with Crippen LogP contribution in [0.1, 0.15) is 29.9 Å². The zero-order valence-electron chi connectivity index (χ0n) is 17.6. The Balaban J connectivity index is 1.71. The van der Waals surface area contributed by atoms with Crippen LogP contribution < -0.4 is 11.1 Å². The van der Waals surface area contributed by atoms with Gasteiger partial charge in [-0.2, -0.15) is 5.10 Å². The van der Waals surface area contributed by atoms with Crippen molar-refractivity contribution in [3.63, 3.8) is 0 Å². The monoisotopic (exact) mass is 459 g/mol. The number of nitrogens with zero attached hydrogens (tertiary/aromatic N) is 3. The van der Waals surface area contributed by atoms with Crippen molar-refractivity contribution in [3.05, 3.63) is 64.6 Å². The number of halogens is 2. The molecule has 0 aliphatic carbocycles. The normalized spacial score (nSPS) is 11.0. The van der Waals surface area contributed by atoms with Gasteiger partial charge in [0.15, 0.2) is 5.69 Å². The van der Waals surface area contributed by atoms with Gasteiger partial charge >= 0.3 is 0 Å². The summed E-state index contributed by atoms with van der Waals surface area (Å²) in [5.41, 5.74) is 6.30. The van der Waals surface area contributed by atoms with Crippen LogP contribution in [-0.4, -0.2) is 45.0 Å². The lowest BCUT2D eigenvalue weighted by Gasteiger charge is -2.26. The van der Waals surface area contributed by atoms with Crippen LogP contribution in [0.3, 0.4) is 0 Å². The van der Waals surface area contributed by atoms with E-state index in [9.17, 15) is 18.8 Å². The maximum atomic E-state index is 14.0. The van der Waals surface area contributed by atoms with Crippen molar-refractivity contribution in [2.45, 2.75) is 33.0 Å². The molecule has 0 radical (unpaired) electrons. The van der Waals surface area contributed by atoms with Crippen LogP contribution in [0.2, 0.25) is 5.02 Å². The molecule has 0 atom stereocenters. The van der Waals surface area contributed by atoms with E-state index in [2.05, 4.69) is 10.4 Å². The summed E-state index contributed by atoms with van der Waals surface area (Å²) in [6.07, 6.45) is 0. The topological polar surface area (TPSA) is 110 Å². The van der Waals surface area contributed by atoms with Crippen molar-refractivity contribution in [2.75, 3.05) is 6.54 Å². The number of hydrogen-bond acceptors (Lipinski definition) is 4. The summed E-state index contributed by atoms with van der Waals surface area (Å²) in [6.45, 7) is 3.09. The number of para-hydroxylation sites is 1. The SMILES string of the molecule is CC(C)N(CC(=O)NCc1cccc(Cl)c1F)C(=O)Cn1nc(C(N)=O)c2ccccc21. The number of rotatable bonds is 8. The third-order valence-electron chi connectivity index (χ3n) is 4.94. The van der Waals surface area contributed by atoms with Crippen molar-refractivity contribution in [3.8, 4) is 0 Å². The van der Waals surface area contributed by atoms with Crippen LogP contribution in [-0.2, 0) is 22.7 Å². The van der Waals surface area contributed by atoms with E-state index in [0.29, 0.717) is 10.9 Å². The third-order valence-corrected chi connectivity index (χ3v) is 5.23. The second-order valence-electron chi connectivity index (χ2n) is 7.49. The highest BCUT2D eigenvalue weighted by Crippen LogP contribution is 2.19. The Morgan fingerprint density at radius 1 is 1.19 bits per heavy atom.